The Labute approximate surface area is 176 Å². The Bertz CT molecular complexity index is 1120. The molecule has 1 aromatic carbocycles. The molecule has 0 saturated carbocycles. The van der Waals surface area contributed by atoms with Crippen LogP contribution in [0, 0.1) is 13.8 Å². The van der Waals surface area contributed by atoms with Crippen molar-refractivity contribution in [1.29, 1.82) is 0 Å². The lowest BCUT2D eigenvalue weighted by Gasteiger charge is -2.11. The van der Waals surface area contributed by atoms with E-state index in [2.05, 4.69) is 15.5 Å². The third-order valence-corrected chi connectivity index (χ3v) is 4.80. The minimum Gasteiger partial charge on any atom is -0.493 e. The Morgan fingerprint density at radius 3 is 2.35 bits per heavy atom. The third kappa shape index (κ3) is 4.49. The lowest BCUT2D eigenvalue weighted by Crippen LogP contribution is -2.17. The van der Waals surface area contributed by atoms with Gasteiger partial charge in [0, 0.05) is 13.1 Å². The van der Waals surface area contributed by atoms with Gasteiger partial charge in [0.05, 0.1) is 37.8 Å². The molecule has 8 nitrogen and oxygen atoms in total. The number of aromatic nitrogens is 4. The smallest absolute Gasteiger partial charge is 0.435 e. The summed E-state index contributed by atoms with van der Waals surface area (Å²) in [5.41, 5.74) is 1.17. The molecule has 0 fully saturated rings. The van der Waals surface area contributed by atoms with Crippen LogP contribution in [0.4, 0.5) is 18.9 Å². The molecule has 2 heterocycles. The third-order valence-electron chi connectivity index (χ3n) is 4.80. The number of nitrogens with one attached hydrogen (secondary N) is 1. The molecule has 31 heavy (non-hydrogen) atoms. The number of hydrogen-bond donors (Lipinski definition) is 1. The van der Waals surface area contributed by atoms with E-state index in [0.29, 0.717) is 41.2 Å². The summed E-state index contributed by atoms with van der Waals surface area (Å²) < 4.78 is 51.8. The number of aryl methyl sites for hydroxylation is 2. The molecule has 0 saturated heterocycles. The van der Waals surface area contributed by atoms with Gasteiger partial charge in [-0.2, -0.15) is 23.4 Å². The van der Waals surface area contributed by atoms with Gasteiger partial charge in [0.15, 0.2) is 17.2 Å². The molecule has 3 rings (SSSR count). The maximum Gasteiger partial charge on any atom is 0.435 e. The van der Waals surface area contributed by atoms with Gasteiger partial charge >= 0.3 is 6.18 Å². The highest BCUT2D eigenvalue weighted by Crippen LogP contribution is 2.30. The highest BCUT2D eigenvalue weighted by molar-refractivity contribution is 6.03. The first kappa shape index (κ1) is 22.2. The number of carbonyl (C=O) groups is 1. The van der Waals surface area contributed by atoms with Gasteiger partial charge in [0.25, 0.3) is 5.91 Å². The number of benzene rings is 1. The average Bonchev–Trinajstić information content (AvgIpc) is 3.23. The monoisotopic (exact) mass is 437 g/mol. The Hall–Kier alpha value is -3.50. The summed E-state index contributed by atoms with van der Waals surface area (Å²) >= 11 is 0. The summed E-state index contributed by atoms with van der Waals surface area (Å²) in [5.74, 6) is 0.469. The quantitative estimate of drug-likeness (QED) is 0.638. The van der Waals surface area contributed by atoms with Gasteiger partial charge in [-0.25, -0.2) is 0 Å². The van der Waals surface area contributed by atoms with E-state index < -0.39 is 17.8 Å². The zero-order chi connectivity index (χ0) is 22.9. The summed E-state index contributed by atoms with van der Waals surface area (Å²) in [7, 11) is 4.37. The van der Waals surface area contributed by atoms with E-state index in [-0.39, 0.29) is 5.69 Å². The number of halogens is 3. The van der Waals surface area contributed by atoms with Crippen LogP contribution >= 0.6 is 0 Å². The van der Waals surface area contributed by atoms with Crippen LogP contribution in [0.2, 0.25) is 0 Å². The SMILES string of the molecule is COc1ccc(Cn2nc(C)c(NC(=O)c3cc(C(F)(F)F)nn3C)c2C)cc1OC. The fourth-order valence-corrected chi connectivity index (χ4v) is 3.18. The summed E-state index contributed by atoms with van der Waals surface area (Å²) in [6.07, 6.45) is -4.63. The molecule has 0 bridgehead atoms. The predicted octanol–water partition coefficient (Wildman–Crippen LogP) is 3.57. The summed E-state index contributed by atoms with van der Waals surface area (Å²) in [6.45, 7) is 3.87. The number of carbonyl (C=O) groups excluding carboxylic acids is 1. The molecule has 0 radical (unpaired) electrons. The van der Waals surface area contributed by atoms with Crippen molar-refractivity contribution in [2.75, 3.05) is 19.5 Å². The maximum atomic E-state index is 12.9. The standard InChI is InChI=1S/C20H22F3N5O3/c1-11-18(24-19(29)14-9-17(20(21,22)23)26-27(14)3)12(2)28(25-11)10-13-6-7-15(30-4)16(8-13)31-5/h6-9H,10H2,1-5H3,(H,24,29). The average molecular weight is 437 g/mol. The molecule has 0 aliphatic carbocycles. The summed E-state index contributed by atoms with van der Waals surface area (Å²) in [5, 5.41) is 10.5. The van der Waals surface area contributed by atoms with Gasteiger partial charge in [-0.05, 0) is 31.5 Å². The van der Waals surface area contributed by atoms with Crippen LogP contribution in [-0.4, -0.2) is 39.7 Å². The lowest BCUT2D eigenvalue weighted by molar-refractivity contribution is -0.141. The molecule has 3 aromatic rings. The Balaban J connectivity index is 1.84. The number of rotatable bonds is 6. The van der Waals surface area contributed by atoms with E-state index in [1.54, 1.807) is 38.8 Å². The van der Waals surface area contributed by atoms with Crippen molar-refractivity contribution in [3.8, 4) is 11.5 Å². The highest BCUT2D eigenvalue weighted by Gasteiger charge is 2.35. The van der Waals surface area contributed by atoms with Crippen molar-refractivity contribution in [2.24, 2.45) is 7.05 Å². The van der Waals surface area contributed by atoms with Gasteiger partial charge in [-0.1, -0.05) is 6.07 Å². The fraction of sp³-hybridized carbons (Fsp3) is 0.350. The lowest BCUT2D eigenvalue weighted by atomic mass is 10.2. The highest BCUT2D eigenvalue weighted by atomic mass is 19.4. The molecular formula is C20H22F3N5O3. The molecule has 0 spiro atoms. The first-order chi connectivity index (χ1) is 14.5. The van der Waals surface area contributed by atoms with Crippen LogP contribution in [0.5, 0.6) is 11.5 Å². The van der Waals surface area contributed by atoms with Crippen molar-refractivity contribution in [3.63, 3.8) is 0 Å². The van der Waals surface area contributed by atoms with Crippen molar-refractivity contribution in [2.45, 2.75) is 26.6 Å². The fourth-order valence-electron chi connectivity index (χ4n) is 3.18. The second kappa shape index (κ2) is 8.32. The number of ether oxygens (including phenoxy) is 2. The number of hydrogen-bond acceptors (Lipinski definition) is 5. The second-order valence-corrected chi connectivity index (χ2v) is 6.88. The van der Waals surface area contributed by atoms with E-state index in [1.165, 1.54) is 7.05 Å². The molecule has 0 atom stereocenters. The van der Waals surface area contributed by atoms with Crippen LogP contribution in [0.15, 0.2) is 24.3 Å². The maximum absolute atomic E-state index is 12.9. The topological polar surface area (TPSA) is 83.2 Å². The van der Waals surface area contributed by atoms with Crippen LogP contribution in [-0.2, 0) is 19.8 Å². The van der Waals surface area contributed by atoms with Gasteiger partial charge in [-0.3, -0.25) is 14.2 Å². The van der Waals surface area contributed by atoms with E-state index in [0.717, 1.165) is 10.2 Å². The largest absolute Gasteiger partial charge is 0.493 e. The number of alkyl halides is 3. The van der Waals surface area contributed by atoms with Gasteiger partial charge in [-0.15, -0.1) is 0 Å². The first-order valence-corrected chi connectivity index (χ1v) is 9.22. The molecule has 1 N–H and O–H groups in total. The number of anilines is 1. The van der Waals surface area contributed by atoms with Crippen LogP contribution < -0.4 is 14.8 Å². The first-order valence-electron chi connectivity index (χ1n) is 9.22. The van der Waals surface area contributed by atoms with Crippen molar-refractivity contribution in [3.05, 3.63) is 52.6 Å². The van der Waals surface area contributed by atoms with Crippen molar-refractivity contribution >= 4 is 11.6 Å². The van der Waals surface area contributed by atoms with Gasteiger partial charge in [0.1, 0.15) is 5.69 Å². The minimum atomic E-state index is -4.63. The van der Waals surface area contributed by atoms with Crippen molar-refractivity contribution < 1.29 is 27.4 Å². The van der Waals surface area contributed by atoms with Gasteiger partial charge < -0.3 is 14.8 Å². The Morgan fingerprint density at radius 1 is 1.10 bits per heavy atom. The molecule has 2 aromatic heterocycles. The molecule has 0 aliphatic heterocycles. The van der Waals surface area contributed by atoms with Crippen molar-refractivity contribution in [1.82, 2.24) is 19.6 Å². The van der Waals surface area contributed by atoms with E-state index in [4.69, 9.17) is 9.47 Å². The molecule has 0 unspecified atom stereocenters. The van der Waals surface area contributed by atoms with E-state index >= 15 is 0 Å². The molecule has 166 valence electrons. The number of nitrogens with zero attached hydrogens (tertiary/aromatic N) is 4. The summed E-state index contributed by atoms with van der Waals surface area (Å²) in [4.78, 5) is 12.6. The summed E-state index contributed by atoms with van der Waals surface area (Å²) in [6, 6.07) is 6.18. The number of methoxy groups -OCH3 is 2. The zero-order valence-electron chi connectivity index (χ0n) is 17.7. The van der Waals surface area contributed by atoms with E-state index in [9.17, 15) is 18.0 Å². The molecule has 11 heteroatoms. The molecule has 0 aliphatic rings. The molecule has 1 amide bonds. The van der Waals surface area contributed by atoms with Crippen LogP contribution in [0.3, 0.4) is 0 Å². The Morgan fingerprint density at radius 2 is 1.77 bits per heavy atom. The van der Waals surface area contributed by atoms with Crippen LogP contribution in [0.25, 0.3) is 0 Å². The molecular weight excluding hydrogens is 415 g/mol. The second-order valence-electron chi connectivity index (χ2n) is 6.88. The van der Waals surface area contributed by atoms with Crippen LogP contribution in [0.1, 0.15) is 33.1 Å². The zero-order valence-corrected chi connectivity index (χ0v) is 17.7. The van der Waals surface area contributed by atoms with E-state index in [1.807, 2.05) is 12.1 Å². The Kier molecular flexibility index (Phi) is 5.96. The number of amides is 1. The normalized spacial score (nSPS) is 11.5. The van der Waals surface area contributed by atoms with Gasteiger partial charge in [0.2, 0.25) is 0 Å². The predicted molar refractivity (Wildman–Crippen MR) is 107 cm³/mol. The minimum absolute atomic E-state index is 0.209.